The summed E-state index contributed by atoms with van der Waals surface area (Å²) < 4.78 is 18.5. The SMILES string of the molecule is COC[C@@H]1CCCN1C[C@@H]1C[C@H](c2ccc(CO)cc2)O[C@H](c2ccc(CNC(=O)NCc3ccccc3)cc2)O1. The number of methoxy groups -OCH3 is 1. The normalized spacial score (nSPS) is 22.9. The number of benzene rings is 3. The van der Waals surface area contributed by atoms with Gasteiger partial charge in [0.05, 0.1) is 25.4 Å². The van der Waals surface area contributed by atoms with E-state index in [1.165, 1.54) is 6.42 Å². The zero-order valence-corrected chi connectivity index (χ0v) is 23.7. The molecule has 2 heterocycles. The quantitative estimate of drug-likeness (QED) is 0.312. The minimum absolute atomic E-state index is 0.00313. The number of aliphatic hydroxyl groups is 1. The Morgan fingerprint density at radius 1 is 0.902 bits per heavy atom. The van der Waals surface area contributed by atoms with Crippen molar-refractivity contribution in [2.75, 3.05) is 26.8 Å². The van der Waals surface area contributed by atoms with Crippen molar-refractivity contribution in [2.45, 2.75) is 63.5 Å². The number of urea groups is 1. The second-order valence-corrected chi connectivity index (χ2v) is 10.9. The number of nitrogens with zero attached hydrogens (tertiary/aromatic N) is 1. The fourth-order valence-corrected chi connectivity index (χ4v) is 5.63. The van der Waals surface area contributed by atoms with Crippen LogP contribution in [0.2, 0.25) is 0 Å². The van der Waals surface area contributed by atoms with Crippen molar-refractivity contribution < 1.29 is 24.1 Å². The van der Waals surface area contributed by atoms with Crippen molar-refractivity contribution in [3.63, 3.8) is 0 Å². The Labute approximate surface area is 242 Å². The minimum atomic E-state index is -0.504. The first-order valence-corrected chi connectivity index (χ1v) is 14.5. The second kappa shape index (κ2) is 14.6. The largest absolute Gasteiger partial charge is 0.392 e. The van der Waals surface area contributed by atoms with Gasteiger partial charge in [-0.1, -0.05) is 78.9 Å². The van der Waals surface area contributed by atoms with Crippen molar-refractivity contribution >= 4 is 6.03 Å². The van der Waals surface area contributed by atoms with Gasteiger partial charge in [0.2, 0.25) is 0 Å². The fraction of sp³-hybridized carbons (Fsp3) is 0.424. The number of carbonyl (C=O) groups excluding carboxylic acids is 1. The molecule has 0 saturated carbocycles. The van der Waals surface area contributed by atoms with E-state index in [0.29, 0.717) is 19.1 Å². The van der Waals surface area contributed by atoms with Gasteiger partial charge < -0.3 is 30.0 Å². The molecule has 8 nitrogen and oxygen atoms in total. The van der Waals surface area contributed by atoms with Crippen LogP contribution in [-0.4, -0.2) is 55.0 Å². The second-order valence-electron chi connectivity index (χ2n) is 10.9. The van der Waals surface area contributed by atoms with Gasteiger partial charge in [-0.2, -0.15) is 0 Å². The number of hydrogen-bond acceptors (Lipinski definition) is 6. The zero-order valence-electron chi connectivity index (χ0n) is 23.7. The third-order valence-corrected chi connectivity index (χ3v) is 7.91. The maximum absolute atomic E-state index is 12.3. The molecule has 5 rings (SSSR count). The maximum Gasteiger partial charge on any atom is 0.315 e. The summed E-state index contributed by atoms with van der Waals surface area (Å²) >= 11 is 0. The van der Waals surface area contributed by atoms with Gasteiger partial charge in [-0.25, -0.2) is 4.79 Å². The molecule has 0 spiro atoms. The van der Waals surface area contributed by atoms with Gasteiger partial charge in [-0.3, -0.25) is 4.90 Å². The molecule has 2 fully saturated rings. The van der Waals surface area contributed by atoms with E-state index in [-0.39, 0.29) is 24.8 Å². The van der Waals surface area contributed by atoms with Crippen molar-refractivity contribution in [1.82, 2.24) is 15.5 Å². The van der Waals surface area contributed by atoms with E-state index in [1.807, 2.05) is 78.9 Å². The monoisotopic (exact) mass is 559 g/mol. The van der Waals surface area contributed by atoms with Crippen LogP contribution < -0.4 is 10.6 Å². The van der Waals surface area contributed by atoms with Gasteiger partial charge in [0.1, 0.15) is 0 Å². The molecule has 218 valence electrons. The molecule has 41 heavy (non-hydrogen) atoms. The van der Waals surface area contributed by atoms with Crippen LogP contribution in [0.5, 0.6) is 0 Å². The first-order chi connectivity index (χ1) is 20.1. The van der Waals surface area contributed by atoms with E-state index >= 15 is 0 Å². The maximum atomic E-state index is 12.3. The smallest absolute Gasteiger partial charge is 0.315 e. The van der Waals surface area contributed by atoms with Crippen LogP contribution in [0, 0.1) is 0 Å². The molecule has 2 amide bonds. The molecule has 4 atom stereocenters. The molecule has 3 aromatic rings. The average molecular weight is 560 g/mol. The van der Waals surface area contributed by atoms with E-state index in [2.05, 4.69) is 15.5 Å². The lowest BCUT2D eigenvalue weighted by Crippen LogP contribution is -2.42. The molecule has 0 aliphatic carbocycles. The van der Waals surface area contributed by atoms with E-state index in [4.69, 9.17) is 14.2 Å². The molecule has 2 aliphatic heterocycles. The van der Waals surface area contributed by atoms with Gasteiger partial charge >= 0.3 is 6.03 Å². The number of ether oxygens (including phenoxy) is 3. The molecule has 0 bridgehead atoms. The summed E-state index contributed by atoms with van der Waals surface area (Å²) in [6, 6.07) is 26.1. The molecular formula is C33H41N3O5. The standard InChI is InChI=1S/C33H41N3O5/c1-39-23-29-8-5-17-36(29)21-30-18-31(27-13-11-26(22-37)12-14-27)41-32(40-30)28-15-9-25(10-16-28)20-35-33(38)34-19-24-6-3-2-4-7-24/h2-4,6-7,9-16,29-32,37H,5,8,17-23H2,1H3,(H2,34,35,38)/t29-,30-,31+,32+/m0/s1. The summed E-state index contributed by atoms with van der Waals surface area (Å²) in [5, 5.41) is 15.3. The van der Waals surface area contributed by atoms with Crippen molar-refractivity contribution in [3.05, 3.63) is 107 Å². The van der Waals surface area contributed by atoms with Crippen molar-refractivity contribution in [1.29, 1.82) is 0 Å². The van der Waals surface area contributed by atoms with E-state index in [9.17, 15) is 9.90 Å². The van der Waals surface area contributed by atoms with Gasteiger partial charge in [0.15, 0.2) is 6.29 Å². The molecule has 3 N–H and O–H groups in total. The highest BCUT2D eigenvalue weighted by Crippen LogP contribution is 2.38. The van der Waals surface area contributed by atoms with Gasteiger partial charge in [-0.05, 0) is 41.6 Å². The fourth-order valence-electron chi connectivity index (χ4n) is 5.63. The number of hydrogen-bond donors (Lipinski definition) is 3. The highest BCUT2D eigenvalue weighted by molar-refractivity contribution is 5.73. The predicted molar refractivity (Wildman–Crippen MR) is 157 cm³/mol. The number of nitrogens with one attached hydrogen (secondary N) is 2. The third-order valence-electron chi connectivity index (χ3n) is 7.91. The van der Waals surface area contributed by atoms with Crippen LogP contribution in [0.1, 0.15) is 59.5 Å². The van der Waals surface area contributed by atoms with Crippen LogP contribution in [0.15, 0.2) is 78.9 Å². The van der Waals surface area contributed by atoms with Crippen LogP contribution >= 0.6 is 0 Å². The Kier molecular flexibility index (Phi) is 10.4. The molecule has 2 aliphatic rings. The molecule has 0 radical (unpaired) electrons. The Bertz CT molecular complexity index is 1220. The molecular weight excluding hydrogens is 518 g/mol. The lowest BCUT2D eigenvalue weighted by Gasteiger charge is -2.38. The predicted octanol–water partition coefficient (Wildman–Crippen LogP) is 4.83. The topological polar surface area (TPSA) is 92.3 Å². The Morgan fingerprint density at radius 2 is 1.56 bits per heavy atom. The number of likely N-dealkylation sites (tertiary alicyclic amines) is 1. The number of amides is 2. The summed E-state index contributed by atoms with van der Waals surface area (Å²) in [6.45, 7) is 3.54. The summed E-state index contributed by atoms with van der Waals surface area (Å²) in [5.74, 6) is 0. The number of carbonyl (C=O) groups is 1. The van der Waals surface area contributed by atoms with Crippen LogP contribution in [0.4, 0.5) is 4.79 Å². The Balaban J connectivity index is 1.22. The van der Waals surface area contributed by atoms with Crippen LogP contribution in [0.3, 0.4) is 0 Å². The van der Waals surface area contributed by atoms with Crippen LogP contribution in [0.25, 0.3) is 0 Å². The molecule has 0 aromatic heterocycles. The molecule has 3 aromatic carbocycles. The molecule has 0 unspecified atom stereocenters. The lowest BCUT2D eigenvalue weighted by atomic mass is 9.99. The first kappa shape index (κ1) is 29.2. The molecule has 2 saturated heterocycles. The summed E-state index contributed by atoms with van der Waals surface area (Å²) in [5.41, 5.74) is 4.95. The summed E-state index contributed by atoms with van der Waals surface area (Å²) in [4.78, 5) is 14.8. The minimum Gasteiger partial charge on any atom is -0.392 e. The summed E-state index contributed by atoms with van der Waals surface area (Å²) in [6.07, 6.45) is 2.45. The van der Waals surface area contributed by atoms with Gasteiger partial charge in [-0.15, -0.1) is 0 Å². The van der Waals surface area contributed by atoms with E-state index in [0.717, 1.165) is 60.4 Å². The third kappa shape index (κ3) is 8.15. The van der Waals surface area contributed by atoms with Crippen LogP contribution in [-0.2, 0) is 33.9 Å². The average Bonchev–Trinajstić information content (AvgIpc) is 3.46. The Morgan fingerprint density at radius 3 is 2.24 bits per heavy atom. The number of rotatable bonds is 11. The Hall–Kier alpha value is -3.27. The summed E-state index contributed by atoms with van der Waals surface area (Å²) in [7, 11) is 1.76. The first-order valence-electron chi connectivity index (χ1n) is 14.5. The van der Waals surface area contributed by atoms with Crippen molar-refractivity contribution in [3.8, 4) is 0 Å². The van der Waals surface area contributed by atoms with E-state index in [1.54, 1.807) is 7.11 Å². The lowest BCUT2D eigenvalue weighted by molar-refractivity contribution is -0.253. The van der Waals surface area contributed by atoms with Crippen molar-refractivity contribution in [2.24, 2.45) is 0 Å². The highest BCUT2D eigenvalue weighted by atomic mass is 16.7. The van der Waals surface area contributed by atoms with Gasteiger partial charge in [0.25, 0.3) is 0 Å². The zero-order chi connectivity index (χ0) is 28.4. The number of aliphatic hydroxyl groups excluding tert-OH is 1. The van der Waals surface area contributed by atoms with Gasteiger partial charge in [0, 0.05) is 44.8 Å². The van der Waals surface area contributed by atoms with E-state index < -0.39 is 6.29 Å². The molecule has 8 heteroatoms. The highest BCUT2D eigenvalue weighted by Gasteiger charge is 2.35.